The first-order valence-corrected chi connectivity index (χ1v) is 5.07. The van der Waals surface area contributed by atoms with Crippen LogP contribution in [0.15, 0.2) is 35.1 Å². The number of benzene rings is 1. The maximum Gasteiger partial charge on any atom is 0.124 e. The van der Waals surface area contributed by atoms with Crippen LogP contribution in [0, 0.1) is 0 Å². The lowest BCUT2D eigenvalue weighted by molar-refractivity contribution is -0.107. The number of pyridine rings is 1. The van der Waals surface area contributed by atoms with E-state index in [0.29, 0.717) is 6.42 Å². The van der Waals surface area contributed by atoms with E-state index in [-0.39, 0.29) is 0 Å². The Morgan fingerprint density at radius 2 is 2.14 bits per heavy atom. The van der Waals surface area contributed by atoms with Gasteiger partial charge >= 0.3 is 0 Å². The Kier molecular flexibility index (Phi) is 2.59. The number of carbonyl (C=O) groups excluding carboxylic acids is 1. The highest BCUT2D eigenvalue weighted by Gasteiger charge is 2.03. The summed E-state index contributed by atoms with van der Waals surface area (Å²) >= 11 is 3.45. The van der Waals surface area contributed by atoms with Gasteiger partial charge in [0.05, 0.1) is 0 Å². The zero-order valence-electron chi connectivity index (χ0n) is 7.40. The number of rotatable bonds is 2. The van der Waals surface area contributed by atoms with Crippen LogP contribution in [0.25, 0.3) is 10.8 Å². The molecule has 1 aromatic heterocycles. The van der Waals surface area contributed by atoms with Gasteiger partial charge in [-0.15, -0.1) is 0 Å². The van der Waals surface area contributed by atoms with E-state index in [2.05, 4.69) is 20.9 Å². The molecular weight excluding hydrogens is 242 g/mol. The van der Waals surface area contributed by atoms with Crippen LogP contribution in [-0.4, -0.2) is 11.3 Å². The molecule has 0 spiro atoms. The number of carbonyl (C=O) groups is 1. The van der Waals surface area contributed by atoms with Gasteiger partial charge in [0.25, 0.3) is 0 Å². The molecule has 0 saturated heterocycles. The normalized spacial score (nSPS) is 10.4. The predicted octanol–water partition coefficient (Wildman–Crippen LogP) is 2.74. The Hall–Kier alpha value is -1.22. The van der Waals surface area contributed by atoms with Crippen molar-refractivity contribution in [1.29, 1.82) is 0 Å². The molecular formula is C11H8BrNO. The second-order valence-electron chi connectivity index (χ2n) is 3.00. The number of aldehydes is 1. The highest BCUT2D eigenvalue weighted by Crippen LogP contribution is 2.25. The van der Waals surface area contributed by atoms with E-state index < -0.39 is 0 Å². The average molecular weight is 250 g/mol. The van der Waals surface area contributed by atoms with E-state index >= 15 is 0 Å². The highest BCUT2D eigenvalue weighted by molar-refractivity contribution is 9.10. The van der Waals surface area contributed by atoms with Gasteiger partial charge in [0, 0.05) is 28.7 Å². The smallest absolute Gasteiger partial charge is 0.124 e. The molecule has 3 heteroatoms. The minimum absolute atomic E-state index is 0.452. The van der Waals surface area contributed by atoms with Gasteiger partial charge in [0.1, 0.15) is 6.29 Å². The molecule has 0 bridgehead atoms. The van der Waals surface area contributed by atoms with Crippen molar-refractivity contribution in [1.82, 2.24) is 4.98 Å². The number of fused-ring (bicyclic) bond motifs is 1. The van der Waals surface area contributed by atoms with E-state index in [1.807, 2.05) is 18.2 Å². The first-order valence-electron chi connectivity index (χ1n) is 4.27. The predicted molar refractivity (Wildman–Crippen MR) is 59.2 cm³/mol. The lowest BCUT2D eigenvalue weighted by Crippen LogP contribution is -1.89. The Bertz CT molecular complexity index is 482. The van der Waals surface area contributed by atoms with E-state index in [1.54, 1.807) is 12.4 Å². The summed E-state index contributed by atoms with van der Waals surface area (Å²) in [6, 6.07) is 5.84. The van der Waals surface area contributed by atoms with Crippen LogP contribution in [0.3, 0.4) is 0 Å². The van der Waals surface area contributed by atoms with Gasteiger partial charge in [0.2, 0.25) is 0 Å². The maximum absolute atomic E-state index is 10.5. The molecule has 0 radical (unpaired) electrons. The van der Waals surface area contributed by atoms with Crippen molar-refractivity contribution in [2.45, 2.75) is 6.42 Å². The molecule has 14 heavy (non-hydrogen) atoms. The van der Waals surface area contributed by atoms with Gasteiger partial charge in [-0.3, -0.25) is 4.98 Å². The zero-order chi connectivity index (χ0) is 9.97. The Morgan fingerprint density at radius 3 is 2.93 bits per heavy atom. The molecule has 0 atom stereocenters. The van der Waals surface area contributed by atoms with Gasteiger partial charge < -0.3 is 4.79 Å². The van der Waals surface area contributed by atoms with Gasteiger partial charge in [0.15, 0.2) is 0 Å². The molecule has 1 aromatic carbocycles. The van der Waals surface area contributed by atoms with Gasteiger partial charge in [-0.05, 0) is 23.1 Å². The molecule has 2 rings (SSSR count). The average Bonchev–Trinajstić information content (AvgIpc) is 2.23. The van der Waals surface area contributed by atoms with Crippen molar-refractivity contribution < 1.29 is 4.79 Å². The van der Waals surface area contributed by atoms with Crippen LogP contribution < -0.4 is 0 Å². The summed E-state index contributed by atoms with van der Waals surface area (Å²) in [5.41, 5.74) is 1.04. The van der Waals surface area contributed by atoms with Gasteiger partial charge in [-0.1, -0.05) is 22.0 Å². The molecule has 0 aliphatic rings. The van der Waals surface area contributed by atoms with Crippen LogP contribution in [-0.2, 0) is 11.2 Å². The molecule has 0 saturated carbocycles. The minimum Gasteiger partial charge on any atom is -0.303 e. The summed E-state index contributed by atoms with van der Waals surface area (Å²) < 4.78 is 1.01. The molecule has 0 aliphatic carbocycles. The second kappa shape index (κ2) is 3.88. The van der Waals surface area contributed by atoms with Crippen molar-refractivity contribution in [3.8, 4) is 0 Å². The van der Waals surface area contributed by atoms with Crippen LogP contribution in [0.4, 0.5) is 0 Å². The fourth-order valence-corrected chi connectivity index (χ4v) is 1.93. The monoisotopic (exact) mass is 249 g/mol. The zero-order valence-corrected chi connectivity index (χ0v) is 8.99. The number of nitrogens with zero attached hydrogens (tertiary/aromatic N) is 1. The number of aromatic nitrogens is 1. The van der Waals surface area contributed by atoms with E-state index in [1.165, 1.54) is 0 Å². The third kappa shape index (κ3) is 1.55. The second-order valence-corrected chi connectivity index (χ2v) is 3.85. The Balaban J connectivity index is 2.74. The third-order valence-electron chi connectivity index (χ3n) is 2.16. The van der Waals surface area contributed by atoms with E-state index in [0.717, 1.165) is 27.1 Å². The Morgan fingerprint density at radius 1 is 1.29 bits per heavy atom. The molecule has 2 nitrogen and oxygen atoms in total. The first kappa shape index (κ1) is 9.34. The van der Waals surface area contributed by atoms with Crippen LogP contribution in [0.2, 0.25) is 0 Å². The lowest BCUT2D eigenvalue weighted by atomic mass is 10.0. The van der Waals surface area contributed by atoms with Crippen molar-refractivity contribution >= 4 is 33.0 Å². The highest BCUT2D eigenvalue weighted by atomic mass is 79.9. The number of hydrogen-bond donors (Lipinski definition) is 0. The molecule has 0 unspecified atom stereocenters. The van der Waals surface area contributed by atoms with Crippen molar-refractivity contribution in [3.05, 3.63) is 40.6 Å². The SMILES string of the molecule is O=CCc1ccc(Br)c2cnccc12. The summed E-state index contributed by atoms with van der Waals surface area (Å²) in [6.07, 6.45) is 4.91. The summed E-state index contributed by atoms with van der Waals surface area (Å²) in [7, 11) is 0. The molecule has 1 heterocycles. The quantitative estimate of drug-likeness (QED) is 0.767. The van der Waals surface area contributed by atoms with E-state index in [9.17, 15) is 4.79 Å². The first-order chi connectivity index (χ1) is 6.83. The fraction of sp³-hybridized carbons (Fsp3) is 0.0909. The largest absolute Gasteiger partial charge is 0.303 e. The topological polar surface area (TPSA) is 30.0 Å². The van der Waals surface area contributed by atoms with Crippen LogP contribution in [0.5, 0.6) is 0 Å². The molecule has 0 amide bonds. The number of hydrogen-bond acceptors (Lipinski definition) is 2. The van der Waals surface area contributed by atoms with Crippen molar-refractivity contribution in [3.63, 3.8) is 0 Å². The summed E-state index contributed by atoms with van der Waals surface area (Å²) in [4.78, 5) is 14.5. The maximum atomic E-state index is 10.5. The molecule has 0 N–H and O–H groups in total. The fourth-order valence-electron chi connectivity index (χ4n) is 1.49. The Labute approximate surface area is 90.1 Å². The molecule has 0 aliphatic heterocycles. The van der Waals surface area contributed by atoms with Crippen LogP contribution in [0.1, 0.15) is 5.56 Å². The number of halogens is 1. The molecule has 70 valence electrons. The summed E-state index contributed by atoms with van der Waals surface area (Å²) in [6.45, 7) is 0. The summed E-state index contributed by atoms with van der Waals surface area (Å²) in [5, 5.41) is 2.13. The van der Waals surface area contributed by atoms with Crippen LogP contribution >= 0.6 is 15.9 Å². The molecule has 0 fully saturated rings. The minimum atomic E-state index is 0.452. The molecule has 2 aromatic rings. The standard InChI is InChI=1S/C11H8BrNO/c12-11-2-1-8(4-6-14)9-3-5-13-7-10(9)11/h1-3,5-7H,4H2. The van der Waals surface area contributed by atoms with Gasteiger partial charge in [-0.25, -0.2) is 0 Å². The lowest BCUT2D eigenvalue weighted by Gasteiger charge is -2.04. The van der Waals surface area contributed by atoms with Crippen molar-refractivity contribution in [2.75, 3.05) is 0 Å². The van der Waals surface area contributed by atoms with Gasteiger partial charge in [-0.2, -0.15) is 0 Å². The summed E-state index contributed by atoms with van der Waals surface area (Å²) in [5.74, 6) is 0. The van der Waals surface area contributed by atoms with E-state index in [4.69, 9.17) is 0 Å². The van der Waals surface area contributed by atoms with Crippen molar-refractivity contribution in [2.24, 2.45) is 0 Å². The third-order valence-corrected chi connectivity index (χ3v) is 2.85.